The fourth-order valence-electron chi connectivity index (χ4n) is 2.31. The lowest BCUT2D eigenvalue weighted by atomic mass is 10.0. The smallest absolute Gasteiger partial charge is 0.224 e. The third kappa shape index (κ3) is 7.79. The normalized spacial score (nSPS) is 12.9. The average molecular weight is 356 g/mol. The summed E-state index contributed by atoms with van der Waals surface area (Å²) in [5.41, 5.74) is 6.96. The Bertz CT molecular complexity index is 508. The van der Waals surface area contributed by atoms with E-state index in [1.54, 1.807) is 11.9 Å². The lowest BCUT2D eigenvalue weighted by molar-refractivity contribution is -0.130. The van der Waals surface area contributed by atoms with Crippen LogP contribution in [0.3, 0.4) is 0 Å². The van der Waals surface area contributed by atoms with E-state index in [0.29, 0.717) is 12.5 Å². The molecule has 0 saturated carbocycles. The highest BCUT2D eigenvalue weighted by molar-refractivity contribution is 5.85. The van der Waals surface area contributed by atoms with Crippen molar-refractivity contribution in [2.75, 3.05) is 13.6 Å². The zero-order valence-corrected chi connectivity index (χ0v) is 15.8. The van der Waals surface area contributed by atoms with Gasteiger partial charge in [-0.3, -0.25) is 9.59 Å². The van der Waals surface area contributed by atoms with Crippen LogP contribution in [0.2, 0.25) is 0 Å². The van der Waals surface area contributed by atoms with Crippen LogP contribution >= 0.6 is 12.4 Å². The molecule has 0 aliphatic heterocycles. The molecule has 1 aromatic rings. The summed E-state index contributed by atoms with van der Waals surface area (Å²) >= 11 is 0. The van der Waals surface area contributed by atoms with E-state index in [0.717, 1.165) is 12.0 Å². The molecule has 3 N–H and O–H groups in total. The molecule has 0 aliphatic rings. The number of rotatable bonds is 8. The van der Waals surface area contributed by atoms with E-state index in [9.17, 15) is 9.59 Å². The number of nitrogens with two attached hydrogens (primary N) is 1. The van der Waals surface area contributed by atoms with E-state index in [1.165, 1.54) is 6.92 Å². The van der Waals surface area contributed by atoms with Gasteiger partial charge in [-0.2, -0.15) is 0 Å². The van der Waals surface area contributed by atoms with Crippen molar-refractivity contribution >= 4 is 24.2 Å². The maximum Gasteiger partial charge on any atom is 0.224 e. The second-order valence-corrected chi connectivity index (χ2v) is 6.38. The molecule has 0 saturated heterocycles. The van der Waals surface area contributed by atoms with E-state index in [4.69, 9.17) is 5.73 Å². The van der Waals surface area contributed by atoms with Crippen molar-refractivity contribution in [3.05, 3.63) is 35.9 Å². The predicted molar refractivity (Wildman–Crippen MR) is 99.9 cm³/mol. The minimum atomic E-state index is -0.303. The van der Waals surface area contributed by atoms with E-state index < -0.39 is 0 Å². The van der Waals surface area contributed by atoms with Crippen LogP contribution in [-0.4, -0.2) is 36.3 Å². The summed E-state index contributed by atoms with van der Waals surface area (Å²) in [5.74, 6) is 0.259. The summed E-state index contributed by atoms with van der Waals surface area (Å²) in [6.07, 6.45) is 1.02. The molecule has 136 valence electrons. The van der Waals surface area contributed by atoms with Crippen molar-refractivity contribution in [2.24, 2.45) is 11.7 Å². The van der Waals surface area contributed by atoms with Crippen LogP contribution in [0.4, 0.5) is 0 Å². The van der Waals surface area contributed by atoms with Crippen LogP contribution in [0.1, 0.15) is 45.2 Å². The number of hydrogen-bond acceptors (Lipinski definition) is 3. The van der Waals surface area contributed by atoms with Gasteiger partial charge in [0.2, 0.25) is 11.8 Å². The van der Waals surface area contributed by atoms with Gasteiger partial charge in [0.15, 0.2) is 0 Å². The lowest BCUT2D eigenvalue weighted by Crippen LogP contribution is -2.37. The van der Waals surface area contributed by atoms with Gasteiger partial charge in [-0.25, -0.2) is 0 Å². The first kappa shape index (κ1) is 22.4. The second kappa shape index (κ2) is 11.0. The highest BCUT2D eigenvalue weighted by atomic mass is 35.5. The summed E-state index contributed by atoms with van der Waals surface area (Å²) in [5, 5.41) is 2.85. The summed E-state index contributed by atoms with van der Waals surface area (Å²) in [6, 6.07) is 9.34. The Balaban J connectivity index is 0.00000529. The number of hydrogen-bond donors (Lipinski definition) is 2. The van der Waals surface area contributed by atoms with Gasteiger partial charge in [-0.05, 0) is 17.9 Å². The fourth-order valence-corrected chi connectivity index (χ4v) is 2.31. The Morgan fingerprint density at radius 2 is 1.79 bits per heavy atom. The molecule has 0 aliphatic carbocycles. The van der Waals surface area contributed by atoms with E-state index >= 15 is 0 Å². The molecule has 1 rings (SSSR count). The standard InChI is InChI=1S/C18H29N3O2.ClH/c1-13(2)16(19)10-11-21(4)18(23)12-17(20-14(3)22)15-8-6-5-7-9-15;/h5-9,13,16-17H,10-12,19H2,1-4H3,(H,20,22);1H. The van der Waals surface area contributed by atoms with Crippen molar-refractivity contribution in [3.63, 3.8) is 0 Å². The van der Waals surface area contributed by atoms with Gasteiger partial charge in [-0.15, -0.1) is 12.4 Å². The average Bonchev–Trinajstić information content (AvgIpc) is 2.51. The molecule has 2 unspecified atom stereocenters. The Morgan fingerprint density at radius 3 is 2.29 bits per heavy atom. The molecule has 0 heterocycles. The monoisotopic (exact) mass is 355 g/mol. The first-order valence-corrected chi connectivity index (χ1v) is 8.12. The van der Waals surface area contributed by atoms with E-state index in [2.05, 4.69) is 19.2 Å². The first-order chi connectivity index (χ1) is 10.8. The van der Waals surface area contributed by atoms with Crippen molar-refractivity contribution in [1.29, 1.82) is 0 Å². The van der Waals surface area contributed by atoms with Crippen molar-refractivity contribution in [2.45, 2.75) is 45.7 Å². The number of nitrogens with zero attached hydrogens (tertiary/aromatic N) is 1. The third-order valence-electron chi connectivity index (χ3n) is 4.04. The van der Waals surface area contributed by atoms with Gasteiger partial charge < -0.3 is 16.0 Å². The highest BCUT2D eigenvalue weighted by Crippen LogP contribution is 2.18. The molecule has 5 nitrogen and oxygen atoms in total. The minimum absolute atomic E-state index is 0. The molecule has 0 fully saturated rings. The number of halogens is 1. The molecular weight excluding hydrogens is 326 g/mol. The zero-order chi connectivity index (χ0) is 17.4. The summed E-state index contributed by atoms with van der Waals surface area (Å²) in [7, 11) is 1.78. The van der Waals surface area contributed by atoms with Crippen LogP contribution in [0.5, 0.6) is 0 Å². The molecule has 0 spiro atoms. The Labute approximate surface area is 151 Å². The predicted octanol–water partition coefficient (Wildman–Crippen LogP) is 2.51. The Hall–Kier alpha value is -1.59. The first-order valence-electron chi connectivity index (χ1n) is 8.12. The molecule has 0 radical (unpaired) electrons. The Morgan fingerprint density at radius 1 is 1.21 bits per heavy atom. The van der Waals surface area contributed by atoms with Gasteiger partial charge in [0.1, 0.15) is 0 Å². The SMILES string of the molecule is CC(=O)NC(CC(=O)N(C)CCC(N)C(C)C)c1ccccc1.Cl. The second-order valence-electron chi connectivity index (χ2n) is 6.38. The van der Waals surface area contributed by atoms with E-state index in [1.807, 2.05) is 30.3 Å². The van der Waals surface area contributed by atoms with Gasteiger partial charge in [-0.1, -0.05) is 44.2 Å². The van der Waals surface area contributed by atoms with Crippen LogP contribution in [0, 0.1) is 5.92 Å². The third-order valence-corrected chi connectivity index (χ3v) is 4.04. The van der Waals surface area contributed by atoms with Gasteiger partial charge in [0, 0.05) is 26.6 Å². The molecule has 0 bridgehead atoms. The van der Waals surface area contributed by atoms with E-state index in [-0.39, 0.29) is 42.7 Å². The maximum atomic E-state index is 12.4. The van der Waals surface area contributed by atoms with Crippen LogP contribution in [0.15, 0.2) is 30.3 Å². The summed E-state index contributed by atoms with van der Waals surface area (Å²) < 4.78 is 0. The number of nitrogens with one attached hydrogen (secondary N) is 1. The molecular formula is C18H30ClN3O2. The Kier molecular flexibility index (Phi) is 10.3. The summed E-state index contributed by atoms with van der Waals surface area (Å²) in [4.78, 5) is 25.5. The van der Waals surface area contributed by atoms with Gasteiger partial charge in [0.05, 0.1) is 12.5 Å². The van der Waals surface area contributed by atoms with Gasteiger partial charge >= 0.3 is 0 Å². The molecule has 2 atom stereocenters. The molecule has 2 amide bonds. The number of benzene rings is 1. The number of carbonyl (C=O) groups is 2. The van der Waals surface area contributed by atoms with Crippen LogP contribution < -0.4 is 11.1 Å². The lowest BCUT2D eigenvalue weighted by Gasteiger charge is -2.24. The largest absolute Gasteiger partial charge is 0.349 e. The van der Waals surface area contributed by atoms with Crippen LogP contribution in [-0.2, 0) is 9.59 Å². The quantitative estimate of drug-likeness (QED) is 0.752. The van der Waals surface area contributed by atoms with Crippen LogP contribution in [0.25, 0.3) is 0 Å². The molecule has 6 heteroatoms. The van der Waals surface area contributed by atoms with Crippen molar-refractivity contribution in [1.82, 2.24) is 10.2 Å². The van der Waals surface area contributed by atoms with Crippen molar-refractivity contribution < 1.29 is 9.59 Å². The molecule has 1 aromatic carbocycles. The maximum absolute atomic E-state index is 12.4. The topological polar surface area (TPSA) is 75.4 Å². The zero-order valence-electron chi connectivity index (χ0n) is 15.0. The molecule has 24 heavy (non-hydrogen) atoms. The minimum Gasteiger partial charge on any atom is -0.349 e. The number of carbonyl (C=O) groups excluding carboxylic acids is 2. The fraction of sp³-hybridized carbons (Fsp3) is 0.556. The number of amides is 2. The molecule has 0 aromatic heterocycles. The highest BCUT2D eigenvalue weighted by Gasteiger charge is 2.20. The summed E-state index contributed by atoms with van der Waals surface area (Å²) in [6.45, 7) is 6.24. The van der Waals surface area contributed by atoms with Crippen molar-refractivity contribution in [3.8, 4) is 0 Å². The van der Waals surface area contributed by atoms with Gasteiger partial charge in [0.25, 0.3) is 0 Å².